The molecule has 1 heterocycles. The van der Waals surface area contributed by atoms with Crippen LogP contribution < -0.4 is 5.56 Å². The minimum atomic E-state index is -0.273. The molecular weight excluding hydrogens is 390 g/mol. The number of carbonyl (C=O) groups excluding carboxylic acids is 2. The molecule has 7 heteroatoms. The SMILES string of the molecule is CCCN(Cc1nc2cc(Cl)ccc2c(=O)[nH]1)C(=O)CCC(=O)c1ccccc1. The third kappa shape index (κ3) is 5.29. The highest BCUT2D eigenvalue weighted by Crippen LogP contribution is 2.15. The minimum Gasteiger partial charge on any atom is -0.335 e. The zero-order valence-electron chi connectivity index (χ0n) is 16.2. The van der Waals surface area contributed by atoms with Crippen molar-refractivity contribution in [3.05, 3.63) is 75.3 Å². The van der Waals surface area contributed by atoms with Crippen molar-refractivity contribution in [1.29, 1.82) is 0 Å². The Hall–Kier alpha value is -2.99. The van der Waals surface area contributed by atoms with E-state index in [-0.39, 0.29) is 36.6 Å². The van der Waals surface area contributed by atoms with Crippen molar-refractivity contribution >= 4 is 34.2 Å². The van der Waals surface area contributed by atoms with Gasteiger partial charge in [0.2, 0.25) is 5.91 Å². The average Bonchev–Trinajstić information content (AvgIpc) is 2.71. The molecular formula is C22H22ClN3O3. The Bertz CT molecular complexity index is 1080. The number of nitrogens with one attached hydrogen (secondary N) is 1. The van der Waals surface area contributed by atoms with Gasteiger partial charge in [-0.2, -0.15) is 0 Å². The fourth-order valence-electron chi connectivity index (χ4n) is 3.13. The zero-order valence-corrected chi connectivity index (χ0v) is 16.9. The van der Waals surface area contributed by atoms with Crippen LogP contribution in [0.3, 0.4) is 0 Å². The van der Waals surface area contributed by atoms with Crippen molar-refractivity contribution < 1.29 is 9.59 Å². The van der Waals surface area contributed by atoms with E-state index in [1.165, 1.54) is 0 Å². The smallest absolute Gasteiger partial charge is 0.258 e. The number of H-pyrrole nitrogens is 1. The van der Waals surface area contributed by atoms with Crippen LogP contribution >= 0.6 is 11.6 Å². The summed E-state index contributed by atoms with van der Waals surface area (Å²) in [5.74, 6) is 0.174. The largest absolute Gasteiger partial charge is 0.335 e. The molecule has 0 aliphatic heterocycles. The van der Waals surface area contributed by atoms with Gasteiger partial charge in [-0.25, -0.2) is 4.98 Å². The predicted octanol–water partition coefficient (Wildman–Crippen LogP) is 3.98. The lowest BCUT2D eigenvalue weighted by Gasteiger charge is -2.21. The molecule has 0 bridgehead atoms. The third-order valence-electron chi connectivity index (χ3n) is 4.57. The van der Waals surface area contributed by atoms with Gasteiger partial charge < -0.3 is 9.88 Å². The van der Waals surface area contributed by atoms with Gasteiger partial charge in [0.25, 0.3) is 5.56 Å². The summed E-state index contributed by atoms with van der Waals surface area (Å²) < 4.78 is 0. The number of fused-ring (bicyclic) bond motifs is 1. The standard InChI is InChI=1S/C22H22ClN3O3/c1-2-12-26(21(28)11-10-19(27)15-6-4-3-5-7-15)14-20-24-18-13-16(23)8-9-17(18)22(29)25-20/h3-9,13H,2,10-12,14H2,1H3,(H,24,25,29). The maximum Gasteiger partial charge on any atom is 0.258 e. The van der Waals surface area contributed by atoms with Gasteiger partial charge in [0.15, 0.2) is 5.78 Å². The summed E-state index contributed by atoms with van der Waals surface area (Å²) in [6.07, 6.45) is 1.000. The molecule has 0 spiro atoms. The molecule has 0 saturated carbocycles. The first-order valence-electron chi connectivity index (χ1n) is 9.52. The van der Waals surface area contributed by atoms with E-state index in [1.807, 2.05) is 13.0 Å². The molecule has 2 aromatic carbocycles. The topological polar surface area (TPSA) is 83.1 Å². The number of aromatic nitrogens is 2. The van der Waals surface area contributed by atoms with Crippen molar-refractivity contribution in [2.24, 2.45) is 0 Å². The first kappa shape index (κ1) is 20.7. The number of carbonyl (C=O) groups is 2. The lowest BCUT2D eigenvalue weighted by Crippen LogP contribution is -2.33. The number of hydrogen-bond donors (Lipinski definition) is 1. The number of ketones is 1. The number of nitrogens with zero attached hydrogens (tertiary/aromatic N) is 2. The molecule has 0 atom stereocenters. The van der Waals surface area contributed by atoms with E-state index >= 15 is 0 Å². The van der Waals surface area contributed by atoms with Crippen LogP contribution in [0.2, 0.25) is 5.02 Å². The Morgan fingerprint density at radius 2 is 1.86 bits per heavy atom. The second kappa shape index (κ2) is 9.47. The highest BCUT2D eigenvalue weighted by Gasteiger charge is 2.17. The Labute approximate surface area is 173 Å². The molecule has 3 aromatic rings. The van der Waals surface area contributed by atoms with E-state index in [1.54, 1.807) is 47.4 Å². The Balaban J connectivity index is 1.72. The van der Waals surface area contributed by atoms with Crippen LogP contribution in [0, 0.1) is 0 Å². The van der Waals surface area contributed by atoms with E-state index in [2.05, 4.69) is 9.97 Å². The van der Waals surface area contributed by atoms with Crippen LogP contribution in [-0.2, 0) is 11.3 Å². The lowest BCUT2D eigenvalue weighted by molar-refractivity contribution is -0.131. The normalized spacial score (nSPS) is 10.8. The van der Waals surface area contributed by atoms with Gasteiger partial charge in [0.05, 0.1) is 17.4 Å². The minimum absolute atomic E-state index is 0.0673. The molecule has 150 valence electrons. The van der Waals surface area contributed by atoms with Crippen LogP contribution in [0.15, 0.2) is 53.3 Å². The summed E-state index contributed by atoms with van der Waals surface area (Å²) in [7, 11) is 0. The molecule has 29 heavy (non-hydrogen) atoms. The van der Waals surface area contributed by atoms with E-state index in [0.29, 0.717) is 33.9 Å². The van der Waals surface area contributed by atoms with Gasteiger partial charge in [0, 0.05) is 30.0 Å². The molecule has 6 nitrogen and oxygen atoms in total. The number of Topliss-reactive ketones (excluding diaryl/α,β-unsaturated/α-hetero) is 1. The van der Waals surface area contributed by atoms with Gasteiger partial charge in [-0.1, -0.05) is 48.9 Å². The summed E-state index contributed by atoms with van der Waals surface area (Å²) in [5.41, 5.74) is 0.809. The van der Waals surface area contributed by atoms with Gasteiger partial charge in [-0.05, 0) is 24.6 Å². The number of hydrogen-bond acceptors (Lipinski definition) is 4. The van der Waals surface area contributed by atoms with Crippen molar-refractivity contribution in [1.82, 2.24) is 14.9 Å². The molecule has 3 rings (SSSR count). The maximum atomic E-state index is 12.7. The van der Waals surface area contributed by atoms with Crippen LogP contribution in [0.1, 0.15) is 42.4 Å². The second-order valence-corrected chi connectivity index (χ2v) is 7.22. The van der Waals surface area contributed by atoms with E-state index in [0.717, 1.165) is 6.42 Å². The summed E-state index contributed by atoms with van der Waals surface area (Å²) in [4.78, 5) is 46.1. The van der Waals surface area contributed by atoms with Crippen molar-refractivity contribution in [2.45, 2.75) is 32.7 Å². The maximum absolute atomic E-state index is 12.7. The van der Waals surface area contributed by atoms with Crippen LogP contribution in [0.5, 0.6) is 0 Å². The number of benzene rings is 2. The summed E-state index contributed by atoms with van der Waals surface area (Å²) >= 11 is 6.00. The van der Waals surface area contributed by atoms with Crippen LogP contribution in [0.4, 0.5) is 0 Å². The van der Waals surface area contributed by atoms with Crippen LogP contribution in [0.25, 0.3) is 10.9 Å². The quantitative estimate of drug-likeness (QED) is 0.568. The Morgan fingerprint density at radius 1 is 1.10 bits per heavy atom. The van der Waals surface area contributed by atoms with Crippen molar-refractivity contribution in [3.63, 3.8) is 0 Å². The van der Waals surface area contributed by atoms with Crippen molar-refractivity contribution in [2.75, 3.05) is 6.54 Å². The summed E-state index contributed by atoms with van der Waals surface area (Å²) in [5, 5.41) is 0.933. The summed E-state index contributed by atoms with van der Waals surface area (Å²) in [6.45, 7) is 2.64. The van der Waals surface area contributed by atoms with Gasteiger partial charge in [-0.15, -0.1) is 0 Å². The zero-order chi connectivity index (χ0) is 20.8. The average molecular weight is 412 g/mol. The molecule has 0 radical (unpaired) electrons. The van der Waals surface area contributed by atoms with Gasteiger partial charge in [0.1, 0.15) is 5.82 Å². The van der Waals surface area contributed by atoms with E-state index < -0.39 is 0 Å². The highest BCUT2D eigenvalue weighted by atomic mass is 35.5. The Kier molecular flexibility index (Phi) is 6.77. The molecule has 0 aliphatic rings. The van der Waals surface area contributed by atoms with Gasteiger partial charge >= 0.3 is 0 Å². The molecule has 0 saturated heterocycles. The number of rotatable bonds is 8. The first-order chi connectivity index (χ1) is 14.0. The molecule has 1 amide bonds. The Morgan fingerprint density at radius 3 is 2.59 bits per heavy atom. The molecule has 0 unspecified atom stereocenters. The summed E-state index contributed by atoms with van der Waals surface area (Å²) in [6, 6.07) is 13.8. The third-order valence-corrected chi connectivity index (χ3v) is 4.80. The number of amides is 1. The first-order valence-corrected chi connectivity index (χ1v) is 9.90. The highest BCUT2D eigenvalue weighted by molar-refractivity contribution is 6.31. The lowest BCUT2D eigenvalue weighted by atomic mass is 10.1. The number of halogens is 1. The second-order valence-electron chi connectivity index (χ2n) is 6.78. The fraction of sp³-hybridized carbons (Fsp3) is 0.273. The monoisotopic (exact) mass is 411 g/mol. The van der Waals surface area contributed by atoms with E-state index in [4.69, 9.17) is 11.6 Å². The number of aromatic amines is 1. The van der Waals surface area contributed by atoms with Crippen molar-refractivity contribution in [3.8, 4) is 0 Å². The molecule has 0 aliphatic carbocycles. The predicted molar refractivity (Wildman–Crippen MR) is 113 cm³/mol. The fourth-order valence-corrected chi connectivity index (χ4v) is 3.29. The molecule has 1 aromatic heterocycles. The van der Waals surface area contributed by atoms with E-state index in [9.17, 15) is 14.4 Å². The van der Waals surface area contributed by atoms with Crippen LogP contribution in [-0.4, -0.2) is 33.1 Å². The van der Waals surface area contributed by atoms with Gasteiger partial charge in [-0.3, -0.25) is 14.4 Å². The molecule has 1 N–H and O–H groups in total. The molecule has 0 fully saturated rings.